The molecule has 3 rings (SSSR count). The Morgan fingerprint density at radius 1 is 1.44 bits per heavy atom. The van der Waals surface area contributed by atoms with Crippen LogP contribution in [0.1, 0.15) is 33.6 Å². The SMILES string of the molecule is Cn1cc(CN2CCC(NCc3ccc(C#N)cc3)C2)c(C(N)=O)n1. The minimum atomic E-state index is -0.481. The second-order valence-corrected chi connectivity index (χ2v) is 6.45. The van der Waals surface area contributed by atoms with Gasteiger partial charge in [0.2, 0.25) is 0 Å². The molecule has 1 fully saturated rings. The highest BCUT2D eigenvalue weighted by atomic mass is 16.1. The molecule has 1 amide bonds. The topological polar surface area (TPSA) is 100.0 Å². The molecule has 7 heteroatoms. The van der Waals surface area contributed by atoms with Crippen molar-refractivity contribution in [2.24, 2.45) is 12.8 Å². The largest absolute Gasteiger partial charge is 0.364 e. The molecular formula is C18H22N6O. The van der Waals surface area contributed by atoms with E-state index < -0.39 is 5.91 Å². The number of benzene rings is 1. The molecule has 1 aliphatic rings. The van der Waals surface area contributed by atoms with Crippen molar-refractivity contribution in [3.05, 3.63) is 52.8 Å². The highest BCUT2D eigenvalue weighted by molar-refractivity contribution is 5.92. The minimum absolute atomic E-state index is 0.358. The Morgan fingerprint density at radius 3 is 2.88 bits per heavy atom. The van der Waals surface area contributed by atoms with Crippen molar-refractivity contribution in [1.29, 1.82) is 5.26 Å². The molecular weight excluding hydrogens is 316 g/mol. The third kappa shape index (κ3) is 4.24. The summed E-state index contributed by atoms with van der Waals surface area (Å²) < 4.78 is 1.63. The first-order chi connectivity index (χ1) is 12.0. The lowest BCUT2D eigenvalue weighted by molar-refractivity contribution is 0.0993. The number of nitrogens with one attached hydrogen (secondary N) is 1. The zero-order valence-electron chi connectivity index (χ0n) is 14.3. The van der Waals surface area contributed by atoms with E-state index in [4.69, 9.17) is 11.0 Å². The van der Waals surface area contributed by atoms with Crippen LogP contribution in [0, 0.1) is 11.3 Å². The highest BCUT2D eigenvalue weighted by Crippen LogP contribution is 2.16. The van der Waals surface area contributed by atoms with Crippen LogP contribution in [-0.2, 0) is 20.1 Å². The van der Waals surface area contributed by atoms with Crippen LogP contribution < -0.4 is 11.1 Å². The van der Waals surface area contributed by atoms with Crippen LogP contribution >= 0.6 is 0 Å². The smallest absolute Gasteiger partial charge is 0.269 e. The lowest BCUT2D eigenvalue weighted by atomic mass is 10.1. The summed E-state index contributed by atoms with van der Waals surface area (Å²) in [6.07, 6.45) is 2.92. The number of nitriles is 1. The molecule has 2 heterocycles. The van der Waals surface area contributed by atoms with Crippen molar-refractivity contribution >= 4 is 5.91 Å². The number of primary amides is 1. The molecule has 1 unspecified atom stereocenters. The standard InChI is InChI=1S/C18H22N6O/c1-23-10-15(17(22-23)18(20)25)11-24-7-6-16(12-24)21-9-14-4-2-13(8-19)3-5-14/h2-5,10,16,21H,6-7,9,11-12H2,1H3,(H2,20,25). The van der Waals surface area contributed by atoms with Crippen molar-refractivity contribution in [3.63, 3.8) is 0 Å². The van der Waals surface area contributed by atoms with Crippen LogP contribution in [-0.4, -0.2) is 39.7 Å². The number of nitrogens with two attached hydrogens (primary N) is 1. The number of aromatic nitrogens is 2. The number of amides is 1. The van der Waals surface area contributed by atoms with Crippen molar-refractivity contribution in [2.75, 3.05) is 13.1 Å². The van der Waals surface area contributed by atoms with E-state index >= 15 is 0 Å². The highest BCUT2D eigenvalue weighted by Gasteiger charge is 2.24. The predicted octanol–water partition coefficient (Wildman–Crippen LogP) is 0.755. The summed E-state index contributed by atoms with van der Waals surface area (Å²) in [5, 5.41) is 16.5. The zero-order valence-corrected chi connectivity index (χ0v) is 14.3. The monoisotopic (exact) mass is 338 g/mol. The molecule has 1 saturated heterocycles. The summed E-state index contributed by atoms with van der Waals surface area (Å²) in [6.45, 7) is 3.35. The van der Waals surface area contributed by atoms with E-state index in [2.05, 4.69) is 21.4 Å². The summed E-state index contributed by atoms with van der Waals surface area (Å²) in [5.74, 6) is -0.481. The normalized spacial score (nSPS) is 17.5. The van der Waals surface area contributed by atoms with Crippen LogP contribution in [0.5, 0.6) is 0 Å². The maximum absolute atomic E-state index is 11.5. The molecule has 1 atom stereocenters. The van der Waals surface area contributed by atoms with E-state index in [0.29, 0.717) is 23.8 Å². The fraction of sp³-hybridized carbons (Fsp3) is 0.389. The van der Waals surface area contributed by atoms with Crippen LogP contribution in [0.2, 0.25) is 0 Å². The lowest BCUT2D eigenvalue weighted by Gasteiger charge is -2.16. The van der Waals surface area contributed by atoms with Gasteiger partial charge in [0.1, 0.15) is 0 Å². The molecule has 0 radical (unpaired) electrons. The summed E-state index contributed by atoms with van der Waals surface area (Å²) >= 11 is 0. The van der Waals surface area contributed by atoms with Crippen LogP contribution in [0.3, 0.4) is 0 Å². The molecule has 7 nitrogen and oxygen atoms in total. The van der Waals surface area contributed by atoms with Gasteiger partial charge >= 0.3 is 0 Å². The predicted molar refractivity (Wildman–Crippen MR) is 93.4 cm³/mol. The Hall–Kier alpha value is -2.69. The third-order valence-corrected chi connectivity index (χ3v) is 4.48. The molecule has 0 aliphatic carbocycles. The zero-order chi connectivity index (χ0) is 17.8. The second-order valence-electron chi connectivity index (χ2n) is 6.45. The lowest BCUT2D eigenvalue weighted by Crippen LogP contribution is -2.32. The number of likely N-dealkylation sites (tertiary alicyclic amines) is 1. The maximum atomic E-state index is 11.5. The van der Waals surface area contributed by atoms with Gasteiger partial charge in [-0.3, -0.25) is 14.4 Å². The summed E-state index contributed by atoms with van der Waals surface area (Å²) in [5.41, 5.74) is 8.48. The van der Waals surface area contributed by atoms with Crippen molar-refractivity contribution in [3.8, 4) is 6.07 Å². The first-order valence-electron chi connectivity index (χ1n) is 8.32. The molecule has 1 aromatic carbocycles. The second kappa shape index (κ2) is 7.47. The average Bonchev–Trinajstić information content (AvgIpc) is 3.20. The molecule has 0 bridgehead atoms. The van der Waals surface area contributed by atoms with Crippen LogP contribution in [0.4, 0.5) is 0 Å². The van der Waals surface area contributed by atoms with Gasteiger partial charge in [0, 0.05) is 51.0 Å². The van der Waals surface area contributed by atoms with Crippen molar-refractivity contribution < 1.29 is 4.79 Å². The summed E-state index contributed by atoms with van der Waals surface area (Å²) in [4.78, 5) is 13.8. The molecule has 3 N–H and O–H groups in total. The Bertz CT molecular complexity index is 789. The van der Waals surface area contributed by atoms with Gasteiger partial charge < -0.3 is 11.1 Å². The van der Waals surface area contributed by atoms with Gasteiger partial charge in [-0.1, -0.05) is 12.1 Å². The number of carbonyl (C=O) groups excluding carboxylic acids is 1. The molecule has 1 aliphatic heterocycles. The van der Waals surface area contributed by atoms with Gasteiger partial charge in [0.05, 0.1) is 11.6 Å². The van der Waals surface area contributed by atoms with Crippen LogP contribution in [0.25, 0.3) is 0 Å². The van der Waals surface area contributed by atoms with Crippen molar-refractivity contribution in [1.82, 2.24) is 20.0 Å². The molecule has 0 saturated carbocycles. The van der Waals surface area contributed by atoms with Gasteiger partial charge in [-0.15, -0.1) is 0 Å². The van der Waals surface area contributed by atoms with Gasteiger partial charge in [0.25, 0.3) is 5.91 Å². The Balaban J connectivity index is 1.52. The summed E-state index contributed by atoms with van der Waals surface area (Å²) in [7, 11) is 1.79. The van der Waals surface area contributed by atoms with E-state index in [1.165, 1.54) is 5.56 Å². The number of hydrogen-bond acceptors (Lipinski definition) is 5. The van der Waals surface area contributed by atoms with Gasteiger partial charge in [-0.25, -0.2) is 0 Å². The molecule has 1 aromatic heterocycles. The van der Waals surface area contributed by atoms with Crippen LogP contribution in [0.15, 0.2) is 30.5 Å². The molecule has 0 spiro atoms. The number of aryl methyl sites for hydroxylation is 1. The van der Waals surface area contributed by atoms with E-state index in [0.717, 1.165) is 31.6 Å². The molecule has 130 valence electrons. The van der Waals surface area contributed by atoms with Crippen molar-refractivity contribution in [2.45, 2.75) is 25.6 Å². The fourth-order valence-corrected chi connectivity index (χ4v) is 3.20. The number of rotatable bonds is 6. The number of carbonyl (C=O) groups is 1. The fourth-order valence-electron chi connectivity index (χ4n) is 3.20. The average molecular weight is 338 g/mol. The first-order valence-corrected chi connectivity index (χ1v) is 8.32. The number of nitrogens with zero attached hydrogens (tertiary/aromatic N) is 4. The molecule has 2 aromatic rings. The molecule has 25 heavy (non-hydrogen) atoms. The van der Waals surface area contributed by atoms with E-state index in [-0.39, 0.29) is 0 Å². The number of hydrogen-bond donors (Lipinski definition) is 2. The Kier molecular flexibility index (Phi) is 5.12. The maximum Gasteiger partial charge on any atom is 0.269 e. The summed E-state index contributed by atoms with van der Waals surface area (Å²) in [6, 6.07) is 10.2. The van der Waals surface area contributed by atoms with E-state index in [1.807, 2.05) is 30.5 Å². The van der Waals surface area contributed by atoms with Gasteiger partial charge in [-0.2, -0.15) is 10.4 Å². The minimum Gasteiger partial charge on any atom is -0.364 e. The quantitative estimate of drug-likeness (QED) is 0.810. The Morgan fingerprint density at radius 2 is 2.20 bits per heavy atom. The Labute approximate surface area is 147 Å². The van der Waals surface area contributed by atoms with Gasteiger partial charge in [-0.05, 0) is 24.1 Å². The van der Waals surface area contributed by atoms with E-state index in [1.54, 1.807) is 11.7 Å². The third-order valence-electron chi connectivity index (χ3n) is 4.48. The van der Waals surface area contributed by atoms with Gasteiger partial charge in [0.15, 0.2) is 5.69 Å². The first kappa shape index (κ1) is 17.1. The van der Waals surface area contributed by atoms with E-state index in [9.17, 15) is 4.79 Å².